The highest BCUT2D eigenvalue weighted by Crippen LogP contribution is 2.40. The number of aliphatic imine (C=N–C) groups is 2. The van der Waals surface area contributed by atoms with Crippen molar-refractivity contribution in [2.24, 2.45) is 21.7 Å². The lowest BCUT2D eigenvalue weighted by molar-refractivity contribution is -0.746. The van der Waals surface area contributed by atoms with Crippen LogP contribution in [0.25, 0.3) is 0 Å². The Bertz CT molecular complexity index is 637. The molecule has 0 spiro atoms. The number of nitrogens with zero attached hydrogens (tertiary/aromatic N) is 4. The van der Waals surface area contributed by atoms with Gasteiger partial charge in [0.1, 0.15) is 11.9 Å². The molecule has 2 fully saturated rings. The largest absolute Gasteiger partial charge is 0.339 e. The van der Waals surface area contributed by atoms with Crippen LogP contribution in [0, 0.1) is 5.92 Å². The van der Waals surface area contributed by atoms with E-state index >= 15 is 0 Å². The maximum Gasteiger partial charge on any atom is 0.301 e. The van der Waals surface area contributed by atoms with E-state index in [1.165, 1.54) is 0 Å². The second-order valence-electron chi connectivity index (χ2n) is 6.02. The number of piperidine rings is 1. The first-order valence-corrected chi connectivity index (χ1v) is 8.06. The second kappa shape index (κ2) is 4.59. The van der Waals surface area contributed by atoms with Gasteiger partial charge in [-0.2, -0.15) is 10.8 Å². The SMILES string of the molecule is N[N+]12C=CN=CC1=C(C1CCC3CCC(=O)N3C1)N=C2Br. The molecule has 2 saturated heterocycles. The predicted molar refractivity (Wildman–Crippen MR) is 82.9 cm³/mol. The van der Waals surface area contributed by atoms with Gasteiger partial charge in [-0.15, -0.1) is 4.59 Å². The molecule has 1 amide bonds. The van der Waals surface area contributed by atoms with Crippen LogP contribution in [0.3, 0.4) is 0 Å². The van der Waals surface area contributed by atoms with Crippen LogP contribution in [0.15, 0.2) is 33.8 Å². The summed E-state index contributed by atoms with van der Waals surface area (Å²) in [5, 5.41) is 0. The molecule has 4 aliphatic rings. The molecule has 7 heteroatoms. The third-order valence-corrected chi connectivity index (χ3v) is 5.63. The van der Waals surface area contributed by atoms with Gasteiger partial charge in [-0.3, -0.25) is 9.79 Å². The first-order valence-electron chi connectivity index (χ1n) is 7.27. The molecule has 4 aliphatic heterocycles. The van der Waals surface area contributed by atoms with E-state index in [1.54, 1.807) is 12.4 Å². The lowest BCUT2D eigenvalue weighted by Gasteiger charge is -2.35. The van der Waals surface area contributed by atoms with E-state index < -0.39 is 0 Å². The Labute approximate surface area is 131 Å². The number of fused-ring (bicyclic) bond motifs is 2. The van der Waals surface area contributed by atoms with Crippen molar-refractivity contribution >= 4 is 32.8 Å². The maximum atomic E-state index is 12.0. The van der Waals surface area contributed by atoms with Gasteiger partial charge in [0.25, 0.3) is 0 Å². The molecule has 21 heavy (non-hydrogen) atoms. The Hall–Kier alpha value is -1.31. The summed E-state index contributed by atoms with van der Waals surface area (Å²) in [5.41, 5.74) is 1.87. The van der Waals surface area contributed by atoms with Gasteiger partial charge >= 0.3 is 4.74 Å². The van der Waals surface area contributed by atoms with Gasteiger partial charge in [-0.25, -0.2) is 0 Å². The fourth-order valence-electron chi connectivity index (χ4n) is 3.68. The zero-order valence-electron chi connectivity index (χ0n) is 11.6. The Balaban J connectivity index is 1.68. The number of carbonyl (C=O) groups excluding carboxylic acids is 1. The zero-order valence-corrected chi connectivity index (χ0v) is 13.2. The second-order valence-corrected chi connectivity index (χ2v) is 6.73. The lowest BCUT2D eigenvalue weighted by atomic mass is 9.90. The van der Waals surface area contributed by atoms with Crippen molar-refractivity contribution in [2.45, 2.75) is 31.7 Å². The number of carbonyl (C=O) groups is 1. The first kappa shape index (κ1) is 13.4. The highest BCUT2D eigenvalue weighted by atomic mass is 79.9. The number of quaternary nitrogens is 1. The van der Waals surface area contributed by atoms with Gasteiger partial charge in [0.05, 0.1) is 12.4 Å². The zero-order chi connectivity index (χ0) is 14.6. The van der Waals surface area contributed by atoms with Crippen molar-refractivity contribution < 1.29 is 9.39 Å². The minimum Gasteiger partial charge on any atom is -0.339 e. The van der Waals surface area contributed by atoms with Crippen LogP contribution in [0.1, 0.15) is 25.7 Å². The summed E-state index contributed by atoms with van der Waals surface area (Å²) < 4.78 is 0.719. The summed E-state index contributed by atoms with van der Waals surface area (Å²) in [7, 11) is 0. The molecule has 6 nitrogen and oxygen atoms in total. The van der Waals surface area contributed by atoms with Crippen molar-refractivity contribution in [3.8, 4) is 0 Å². The van der Waals surface area contributed by atoms with Crippen molar-refractivity contribution in [2.75, 3.05) is 6.54 Å². The Morgan fingerprint density at radius 3 is 3.10 bits per heavy atom. The topological polar surface area (TPSA) is 71.0 Å². The fourth-order valence-corrected chi connectivity index (χ4v) is 4.18. The highest BCUT2D eigenvalue weighted by Gasteiger charge is 2.46. The van der Waals surface area contributed by atoms with E-state index in [-0.39, 0.29) is 16.4 Å². The number of hydrogen-bond donors (Lipinski definition) is 1. The van der Waals surface area contributed by atoms with E-state index in [0.29, 0.717) is 17.2 Å². The minimum absolute atomic E-state index is 0.0483. The van der Waals surface area contributed by atoms with Crippen LogP contribution >= 0.6 is 15.9 Å². The van der Waals surface area contributed by atoms with Crippen LogP contribution in [-0.4, -0.2) is 38.9 Å². The van der Waals surface area contributed by atoms with E-state index in [9.17, 15) is 4.79 Å². The third-order valence-electron chi connectivity index (χ3n) is 4.87. The van der Waals surface area contributed by atoms with E-state index in [4.69, 9.17) is 5.84 Å². The van der Waals surface area contributed by atoms with Gasteiger partial charge in [0.15, 0.2) is 0 Å². The van der Waals surface area contributed by atoms with Crippen molar-refractivity contribution in [1.82, 2.24) is 4.90 Å². The molecule has 2 N–H and O–H groups in total. The number of nitrogens with two attached hydrogens (primary N) is 1. The van der Waals surface area contributed by atoms with Gasteiger partial charge in [0.2, 0.25) is 11.6 Å². The Kier molecular flexibility index (Phi) is 2.92. The number of allylic oxidation sites excluding steroid dienone is 1. The summed E-state index contributed by atoms with van der Waals surface area (Å²) in [6.07, 6.45) is 9.08. The van der Waals surface area contributed by atoms with Gasteiger partial charge in [-0.1, -0.05) is 0 Å². The van der Waals surface area contributed by atoms with Crippen LogP contribution in [0.5, 0.6) is 0 Å². The van der Waals surface area contributed by atoms with Gasteiger partial charge in [-0.05, 0) is 19.3 Å². The summed E-state index contributed by atoms with van der Waals surface area (Å²) >= 11 is 3.47. The third kappa shape index (κ3) is 1.88. The number of halogens is 1. The molecule has 3 atom stereocenters. The number of hydrogen-bond acceptors (Lipinski definition) is 4. The molecule has 0 saturated carbocycles. The van der Waals surface area contributed by atoms with Crippen LogP contribution < -0.4 is 5.84 Å². The Morgan fingerprint density at radius 2 is 2.24 bits per heavy atom. The first-order chi connectivity index (χ1) is 10.1. The summed E-state index contributed by atoms with van der Waals surface area (Å²) in [6, 6.07) is 0.435. The summed E-state index contributed by atoms with van der Waals surface area (Å²) in [5.74, 6) is 6.91. The van der Waals surface area contributed by atoms with Crippen LogP contribution in [0.4, 0.5) is 0 Å². The maximum absolute atomic E-state index is 12.0. The summed E-state index contributed by atoms with van der Waals surface area (Å²) in [6.45, 7) is 0.754. The standard InChI is InChI=1S/C14H17BrN5O/c15-14-18-13(11-7-17-5-6-20(11,14)16)9-1-2-10-3-4-12(21)19(10)8-9/h5-7,9-10H,1-4,8,16H2/q+1. The molecule has 4 heterocycles. The molecule has 0 aromatic rings. The monoisotopic (exact) mass is 350 g/mol. The lowest BCUT2D eigenvalue weighted by Crippen LogP contribution is -2.50. The number of rotatable bonds is 1. The summed E-state index contributed by atoms with van der Waals surface area (Å²) in [4.78, 5) is 22.8. The molecule has 110 valence electrons. The highest BCUT2D eigenvalue weighted by molar-refractivity contribution is 9.18. The smallest absolute Gasteiger partial charge is 0.301 e. The fraction of sp³-hybridized carbons (Fsp3) is 0.500. The normalized spacial score (nSPS) is 37.9. The molecule has 0 aliphatic carbocycles. The quantitative estimate of drug-likeness (QED) is 0.443. The van der Waals surface area contributed by atoms with Crippen molar-refractivity contribution in [3.63, 3.8) is 0 Å². The average Bonchev–Trinajstić information content (AvgIpc) is 2.98. The van der Waals surface area contributed by atoms with Crippen molar-refractivity contribution in [3.05, 3.63) is 23.8 Å². The number of amides is 1. The van der Waals surface area contributed by atoms with E-state index in [0.717, 1.165) is 37.2 Å². The van der Waals surface area contributed by atoms with Crippen molar-refractivity contribution in [1.29, 1.82) is 0 Å². The van der Waals surface area contributed by atoms with Crippen LogP contribution in [-0.2, 0) is 4.79 Å². The minimum atomic E-state index is 0.0483. The van der Waals surface area contributed by atoms with Crippen LogP contribution in [0.2, 0.25) is 0 Å². The van der Waals surface area contributed by atoms with Gasteiger partial charge in [0, 0.05) is 40.9 Å². The molecule has 0 aromatic carbocycles. The molecule has 0 radical (unpaired) electrons. The molecule has 0 aromatic heterocycles. The molecule has 3 unspecified atom stereocenters. The van der Waals surface area contributed by atoms with Gasteiger partial charge < -0.3 is 4.90 Å². The average molecular weight is 351 g/mol. The molecule has 4 rings (SSSR count). The number of amidine groups is 1. The molecular formula is C14H17BrN5O+. The molecular weight excluding hydrogens is 334 g/mol. The predicted octanol–water partition coefficient (Wildman–Crippen LogP) is 1.61. The Morgan fingerprint density at radius 1 is 1.38 bits per heavy atom. The van der Waals surface area contributed by atoms with E-state index in [1.807, 2.05) is 11.1 Å². The van der Waals surface area contributed by atoms with E-state index in [2.05, 4.69) is 25.9 Å². The molecule has 0 bridgehead atoms.